The van der Waals surface area contributed by atoms with Crippen LogP contribution in [0.1, 0.15) is 16.7 Å². The van der Waals surface area contributed by atoms with Gasteiger partial charge in [-0.2, -0.15) is 0 Å². The average Bonchev–Trinajstić information content (AvgIpc) is 2.50. The van der Waals surface area contributed by atoms with Gasteiger partial charge in [0, 0.05) is 7.11 Å². The highest BCUT2D eigenvalue weighted by Gasteiger charge is 2.04. The van der Waals surface area contributed by atoms with Gasteiger partial charge >= 0.3 is 0 Å². The number of hydrogen-bond acceptors (Lipinski definition) is 5. The summed E-state index contributed by atoms with van der Waals surface area (Å²) in [5, 5.41) is 0. The van der Waals surface area contributed by atoms with E-state index in [1.807, 2.05) is 0 Å². The van der Waals surface area contributed by atoms with Crippen LogP contribution in [-0.4, -0.2) is 60.0 Å². The fraction of sp³-hybridized carbons (Fsp3) is 0.667. The highest BCUT2D eigenvalue weighted by atomic mass is 16.6. The van der Waals surface area contributed by atoms with Crippen molar-refractivity contribution < 1.29 is 23.7 Å². The lowest BCUT2D eigenvalue weighted by molar-refractivity contribution is 0.000118. The second-order valence-corrected chi connectivity index (χ2v) is 5.41. The molecule has 0 unspecified atom stereocenters. The Morgan fingerprint density at radius 3 is 1.57 bits per heavy atom. The Bertz CT molecular complexity index is 410. The number of methoxy groups -OCH3 is 1. The summed E-state index contributed by atoms with van der Waals surface area (Å²) in [6.45, 7) is 10.8. The molecule has 0 atom stereocenters. The summed E-state index contributed by atoms with van der Waals surface area (Å²) < 4.78 is 26.9. The molecule has 0 N–H and O–H groups in total. The summed E-state index contributed by atoms with van der Waals surface area (Å²) in [6.07, 6.45) is 0. The van der Waals surface area contributed by atoms with Crippen molar-refractivity contribution >= 4 is 0 Å². The maximum absolute atomic E-state index is 5.81. The molecule has 5 nitrogen and oxygen atoms in total. The second-order valence-electron chi connectivity index (χ2n) is 5.41. The average molecular weight is 326 g/mol. The van der Waals surface area contributed by atoms with E-state index in [0.717, 1.165) is 5.75 Å². The normalized spacial score (nSPS) is 11.0. The van der Waals surface area contributed by atoms with Gasteiger partial charge in [-0.25, -0.2) is 0 Å². The third kappa shape index (κ3) is 8.91. The largest absolute Gasteiger partial charge is 0.491 e. The quantitative estimate of drug-likeness (QED) is 0.522. The molecular formula is C18H30O5. The van der Waals surface area contributed by atoms with Gasteiger partial charge in [-0.05, 0) is 31.9 Å². The topological polar surface area (TPSA) is 46.2 Å². The zero-order valence-corrected chi connectivity index (χ0v) is 14.9. The van der Waals surface area contributed by atoms with Gasteiger partial charge in [0.25, 0.3) is 0 Å². The predicted molar refractivity (Wildman–Crippen MR) is 90.5 cm³/mol. The number of benzene rings is 1. The minimum Gasteiger partial charge on any atom is -0.491 e. The van der Waals surface area contributed by atoms with Crippen LogP contribution in [0.5, 0.6) is 5.75 Å². The molecule has 0 saturated heterocycles. The van der Waals surface area contributed by atoms with Crippen LogP contribution in [-0.2, 0) is 18.9 Å². The van der Waals surface area contributed by atoms with Crippen LogP contribution < -0.4 is 4.74 Å². The Morgan fingerprint density at radius 2 is 1.09 bits per heavy atom. The Morgan fingerprint density at radius 1 is 0.652 bits per heavy atom. The van der Waals surface area contributed by atoms with Crippen LogP contribution in [0, 0.1) is 20.8 Å². The maximum Gasteiger partial charge on any atom is 0.125 e. The minimum absolute atomic E-state index is 0.546. The third-order valence-corrected chi connectivity index (χ3v) is 3.25. The van der Waals surface area contributed by atoms with E-state index in [2.05, 4.69) is 32.9 Å². The first-order valence-corrected chi connectivity index (χ1v) is 8.08. The van der Waals surface area contributed by atoms with E-state index in [-0.39, 0.29) is 0 Å². The minimum atomic E-state index is 0.546. The molecule has 1 rings (SSSR count). The monoisotopic (exact) mass is 326 g/mol. The summed E-state index contributed by atoms with van der Waals surface area (Å²) >= 11 is 0. The van der Waals surface area contributed by atoms with Gasteiger partial charge in [0.1, 0.15) is 12.4 Å². The van der Waals surface area contributed by atoms with Gasteiger partial charge in [-0.1, -0.05) is 17.7 Å². The van der Waals surface area contributed by atoms with Gasteiger partial charge in [0.15, 0.2) is 0 Å². The molecule has 1 aromatic rings. The first-order valence-electron chi connectivity index (χ1n) is 8.08. The molecule has 0 spiro atoms. The van der Waals surface area contributed by atoms with Crippen molar-refractivity contribution in [3.8, 4) is 5.75 Å². The molecule has 0 radical (unpaired) electrons. The van der Waals surface area contributed by atoms with E-state index in [1.54, 1.807) is 7.11 Å². The van der Waals surface area contributed by atoms with Gasteiger partial charge in [-0.15, -0.1) is 0 Å². The van der Waals surface area contributed by atoms with E-state index < -0.39 is 0 Å². The second kappa shape index (κ2) is 12.3. The van der Waals surface area contributed by atoms with E-state index >= 15 is 0 Å². The third-order valence-electron chi connectivity index (χ3n) is 3.25. The fourth-order valence-electron chi connectivity index (χ4n) is 2.28. The zero-order valence-electron chi connectivity index (χ0n) is 14.9. The van der Waals surface area contributed by atoms with Crippen LogP contribution in [0.4, 0.5) is 0 Å². The van der Waals surface area contributed by atoms with E-state index in [9.17, 15) is 0 Å². The fourth-order valence-corrected chi connectivity index (χ4v) is 2.28. The van der Waals surface area contributed by atoms with Crippen molar-refractivity contribution in [1.29, 1.82) is 0 Å². The zero-order chi connectivity index (χ0) is 16.9. The maximum atomic E-state index is 5.81. The molecule has 5 heteroatoms. The lowest BCUT2D eigenvalue weighted by atomic mass is 10.1. The van der Waals surface area contributed by atoms with Crippen LogP contribution in [0.25, 0.3) is 0 Å². The molecule has 1 aromatic carbocycles. The highest BCUT2D eigenvalue weighted by molar-refractivity contribution is 5.42. The SMILES string of the molecule is COCCOCCOCCOCCOc1c(C)cc(C)cc1C. The number of hydrogen-bond donors (Lipinski definition) is 0. The smallest absolute Gasteiger partial charge is 0.125 e. The van der Waals surface area contributed by atoms with Crippen molar-refractivity contribution in [2.24, 2.45) is 0 Å². The van der Waals surface area contributed by atoms with Crippen molar-refractivity contribution in [3.05, 3.63) is 28.8 Å². The summed E-state index contributed by atoms with van der Waals surface area (Å²) in [7, 11) is 1.66. The van der Waals surface area contributed by atoms with Crippen LogP contribution in [0.2, 0.25) is 0 Å². The first-order chi connectivity index (χ1) is 11.1. The molecule has 0 aromatic heterocycles. The van der Waals surface area contributed by atoms with Crippen molar-refractivity contribution in [1.82, 2.24) is 0 Å². The standard InChI is InChI=1S/C18H30O5/c1-15-13-16(2)18(17(3)14-15)23-12-11-22-10-9-21-8-7-20-6-5-19-4/h13-14H,5-12H2,1-4H3. The molecule has 23 heavy (non-hydrogen) atoms. The van der Waals surface area contributed by atoms with Crippen LogP contribution in [0.3, 0.4) is 0 Å². The summed E-state index contributed by atoms with van der Waals surface area (Å²) in [4.78, 5) is 0. The van der Waals surface area contributed by atoms with E-state index in [4.69, 9.17) is 23.7 Å². The van der Waals surface area contributed by atoms with Gasteiger partial charge < -0.3 is 23.7 Å². The first kappa shape index (κ1) is 19.9. The number of rotatable bonds is 13. The molecule has 0 bridgehead atoms. The molecule has 0 amide bonds. The number of ether oxygens (including phenoxy) is 5. The molecule has 0 aliphatic carbocycles. The number of aryl methyl sites for hydroxylation is 3. The Kier molecular flexibility index (Phi) is 10.6. The summed E-state index contributed by atoms with van der Waals surface area (Å²) in [6, 6.07) is 4.26. The lowest BCUT2D eigenvalue weighted by Crippen LogP contribution is -2.14. The van der Waals surface area contributed by atoms with Crippen molar-refractivity contribution in [3.63, 3.8) is 0 Å². The summed E-state index contributed by atoms with van der Waals surface area (Å²) in [5.74, 6) is 0.962. The molecule has 132 valence electrons. The van der Waals surface area contributed by atoms with Crippen LogP contribution in [0.15, 0.2) is 12.1 Å². The molecule has 0 aliphatic rings. The van der Waals surface area contributed by atoms with Gasteiger partial charge in [0.05, 0.1) is 46.2 Å². The molecule has 0 saturated carbocycles. The Balaban J connectivity index is 1.98. The highest BCUT2D eigenvalue weighted by Crippen LogP contribution is 2.24. The molecule has 0 heterocycles. The lowest BCUT2D eigenvalue weighted by Gasteiger charge is -2.13. The van der Waals surface area contributed by atoms with Crippen molar-refractivity contribution in [2.45, 2.75) is 20.8 Å². The van der Waals surface area contributed by atoms with Gasteiger partial charge in [0.2, 0.25) is 0 Å². The van der Waals surface area contributed by atoms with Gasteiger partial charge in [-0.3, -0.25) is 0 Å². The Labute approximate surface area is 139 Å². The molecule has 0 fully saturated rings. The molecule has 0 aliphatic heterocycles. The van der Waals surface area contributed by atoms with E-state index in [1.165, 1.54) is 16.7 Å². The Hall–Kier alpha value is -1.14. The molecular weight excluding hydrogens is 296 g/mol. The predicted octanol–water partition coefficient (Wildman–Crippen LogP) is 2.69. The van der Waals surface area contributed by atoms with Crippen LogP contribution >= 0.6 is 0 Å². The van der Waals surface area contributed by atoms with Crippen molar-refractivity contribution in [2.75, 3.05) is 60.0 Å². The summed E-state index contributed by atoms with van der Waals surface area (Å²) in [5.41, 5.74) is 3.59. The van der Waals surface area contributed by atoms with E-state index in [0.29, 0.717) is 52.9 Å².